The number of non-ortho nitro benzene ring substituents is 1. The Balaban J connectivity index is 1.42. The van der Waals surface area contributed by atoms with Gasteiger partial charge in [-0.05, 0) is 50.0 Å². The fourth-order valence-electron chi connectivity index (χ4n) is 3.87. The summed E-state index contributed by atoms with van der Waals surface area (Å²) in [5.74, 6) is 0.563. The van der Waals surface area contributed by atoms with Gasteiger partial charge in [0.1, 0.15) is 0 Å². The van der Waals surface area contributed by atoms with E-state index < -0.39 is 4.92 Å². The first-order valence-electron chi connectivity index (χ1n) is 9.63. The Bertz CT molecular complexity index is 681. The molecular weight excluding hydrogens is 364 g/mol. The van der Waals surface area contributed by atoms with Crippen LogP contribution in [0.3, 0.4) is 0 Å². The average Bonchev–Trinajstić information content (AvgIpc) is 2.69. The van der Waals surface area contributed by atoms with Crippen molar-refractivity contribution in [2.45, 2.75) is 51.0 Å². The molecule has 3 rings (SSSR count). The zero-order valence-electron chi connectivity index (χ0n) is 15.4. The topological polar surface area (TPSA) is 87.5 Å². The third kappa shape index (κ3) is 5.38. The highest BCUT2D eigenvalue weighted by Crippen LogP contribution is 2.26. The van der Waals surface area contributed by atoms with Crippen molar-refractivity contribution in [2.24, 2.45) is 5.92 Å². The first kappa shape index (κ1) is 19.5. The van der Waals surface area contributed by atoms with Crippen molar-refractivity contribution >= 4 is 34.6 Å². The van der Waals surface area contributed by atoms with Gasteiger partial charge >= 0.3 is 0 Å². The number of carbonyl (C=O) groups excluding carboxylic acids is 1. The van der Waals surface area contributed by atoms with Gasteiger partial charge in [-0.3, -0.25) is 14.9 Å². The van der Waals surface area contributed by atoms with Crippen LogP contribution in [0.4, 0.5) is 11.4 Å². The molecule has 1 aromatic carbocycles. The van der Waals surface area contributed by atoms with Crippen molar-refractivity contribution in [3.63, 3.8) is 0 Å². The number of likely N-dealkylation sites (tertiary alicyclic amines) is 1. The molecule has 1 aromatic rings. The number of nitro groups is 1. The predicted octanol–water partition coefficient (Wildman–Crippen LogP) is 3.45. The summed E-state index contributed by atoms with van der Waals surface area (Å²) in [6.07, 6.45) is 7.45. The molecule has 0 bridgehead atoms. The molecule has 8 heteroatoms. The van der Waals surface area contributed by atoms with E-state index in [-0.39, 0.29) is 17.6 Å². The number of benzene rings is 1. The number of nitrogens with one attached hydrogen (secondary N) is 2. The average molecular weight is 391 g/mol. The first-order valence-corrected chi connectivity index (χ1v) is 10.0. The third-order valence-corrected chi connectivity index (χ3v) is 5.65. The highest BCUT2D eigenvalue weighted by atomic mass is 32.1. The summed E-state index contributed by atoms with van der Waals surface area (Å²) in [5, 5.41) is 17.5. The lowest BCUT2D eigenvalue weighted by Gasteiger charge is -2.35. The van der Waals surface area contributed by atoms with Crippen LogP contribution in [0.5, 0.6) is 0 Å². The molecule has 27 heavy (non-hydrogen) atoms. The number of nitro benzene ring substituents is 1. The van der Waals surface area contributed by atoms with E-state index in [1.54, 1.807) is 12.1 Å². The Kier molecular flexibility index (Phi) is 6.60. The van der Waals surface area contributed by atoms with Crippen molar-refractivity contribution in [2.75, 3.05) is 18.4 Å². The first-order chi connectivity index (χ1) is 13.0. The Hall–Kier alpha value is -2.22. The fourth-order valence-corrected chi connectivity index (χ4v) is 4.16. The normalized spacial score (nSPS) is 18.7. The summed E-state index contributed by atoms with van der Waals surface area (Å²) in [5.41, 5.74) is 0.762. The molecule has 2 aliphatic rings. The predicted molar refractivity (Wildman–Crippen MR) is 109 cm³/mol. The number of piperidine rings is 1. The van der Waals surface area contributed by atoms with E-state index in [2.05, 4.69) is 10.6 Å². The molecule has 0 unspecified atom stereocenters. The van der Waals surface area contributed by atoms with E-state index in [4.69, 9.17) is 12.2 Å². The molecule has 1 aliphatic heterocycles. The van der Waals surface area contributed by atoms with Crippen molar-refractivity contribution in [3.05, 3.63) is 34.4 Å². The van der Waals surface area contributed by atoms with Crippen molar-refractivity contribution in [1.82, 2.24) is 10.2 Å². The summed E-state index contributed by atoms with van der Waals surface area (Å²) in [4.78, 5) is 24.9. The maximum absolute atomic E-state index is 12.6. The number of amides is 1. The van der Waals surface area contributed by atoms with Gasteiger partial charge in [0.15, 0.2) is 5.11 Å². The van der Waals surface area contributed by atoms with Gasteiger partial charge in [-0.2, -0.15) is 0 Å². The minimum Gasteiger partial charge on any atom is -0.360 e. The molecule has 0 atom stereocenters. The molecule has 2 N–H and O–H groups in total. The van der Waals surface area contributed by atoms with Crippen LogP contribution in [-0.2, 0) is 4.79 Å². The van der Waals surface area contributed by atoms with Crippen LogP contribution in [0.2, 0.25) is 0 Å². The zero-order valence-corrected chi connectivity index (χ0v) is 16.2. The van der Waals surface area contributed by atoms with Crippen LogP contribution >= 0.6 is 12.2 Å². The van der Waals surface area contributed by atoms with Gasteiger partial charge in [0.05, 0.1) is 4.92 Å². The van der Waals surface area contributed by atoms with E-state index in [0.717, 1.165) is 38.8 Å². The van der Waals surface area contributed by atoms with Gasteiger partial charge in [0, 0.05) is 42.9 Å². The quantitative estimate of drug-likeness (QED) is 0.465. The molecule has 0 aromatic heterocycles. The van der Waals surface area contributed by atoms with E-state index in [0.29, 0.717) is 16.7 Å². The highest BCUT2D eigenvalue weighted by molar-refractivity contribution is 7.80. The molecule has 1 saturated heterocycles. The molecular formula is C19H26N4O3S. The standard InChI is InChI=1S/C19H26N4O3S/c24-18(14-4-2-1-3-5-14)22-12-10-16(11-13-22)21-19(27)20-15-6-8-17(9-7-15)23(25)26/h6-9,14,16H,1-5,10-13H2,(H2,20,21,27). The van der Waals surface area contributed by atoms with Gasteiger partial charge in [0.2, 0.25) is 5.91 Å². The molecule has 0 radical (unpaired) electrons. The lowest BCUT2D eigenvalue weighted by molar-refractivity contribution is -0.384. The second-order valence-corrected chi connectivity index (χ2v) is 7.75. The number of hydrogen-bond acceptors (Lipinski definition) is 4. The van der Waals surface area contributed by atoms with Crippen molar-refractivity contribution in [1.29, 1.82) is 0 Å². The lowest BCUT2D eigenvalue weighted by atomic mass is 9.87. The van der Waals surface area contributed by atoms with Crippen LogP contribution < -0.4 is 10.6 Å². The van der Waals surface area contributed by atoms with E-state index >= 15 is 0 Å². The Morgan fingerprint density at radius 2 is 1.70 bits per heavy atom. The molecule has 1 heterocycles. The third-order valence-electron chi connectivity index (χ3n) is 5.43. The molecule has 2 fully saturated rings. The summed E-state index contributed by atoms with van der Waals surface area (Å²) in [7, 11) is 0. The second kappa shape index (κ2) is 9.12. The minimum absolute atomic E-state index is 0.0504. The minimum atomic E-state index is -0.428. The number of carbonyl (C=O) groups is 1. The van der Waals surface area contributed by atoms with Crippen LogP contribution in [0.25, 0.3) is 0 Å². The Labute approximate surface area is 164 Å². The summed E-state index contributed by atoms with van der Waals surface area (Å²) in [6, 6.07) is 6.40. The van der Waals surface area contributed by atoms with Crippen LogP contribution in [-0.4, -0.2) is 40.0 Å². The second-order valence-electron chi connectivity index (χ2n) is 7.34. The van der Waals surface area contributed by atoms with Gasteiger partial charge in [-0.1, -0.05) is 19.3 Å². The number of nitrogens with zero attached hydrogens (tertiary/aromatic N) is 2. The monoisotopic (exact) mass is 390 g/mol. The molecule has 1 aliphatic carbocycles. The van der Waals surface area contributed by atoms with Crippen molar-refractivity contribution in [3.8, 4) is 0 Å². The van der Waals surface area contributed by atoms with E-state index in [1.807, 2.05) is 4.90 Å². The summed E-state index contributed by atoms with van der Waals surface area (Å²) in [6.45, 7) is 1.54. The highest BCUT2D eigenvalue weighted by Gasteiger charge is 2.29. The Morgan fingerprint density at radius 1 is 1.07 bits per heavy atom. The van der Waals surface area contributed by atoms with Gasteiger partial charge < -0.3 is 15.5 Å². The van der Waals surface area contributed by atoms with Crippen LogP contribution in [0, 0.1) is 16.0 Å². The van der Waals surface area contributed by atoms with Gasteiger partial charge in [-0.25, -0.2) is 0 Å². The number of hydrogen-bond donors (Lipinski definition) is 2. The van der Waals surface area contributed by atoms with E-state index in [1.165, 1.54) is 31.4 Å². The SMILES string of the molecule is O=C(C1CCCCC1)N1CCC(NC(=S)Nc2ccc([N+](=O)[O-])cc2)CC1. The molecule has 0 spiro atoms. The smallest absolute Gasteiger partial charge is 0.269 e. The van der Waals surface area contributed by atoms with E-state index in [9.17, 15) is 14.9 Å². The molecule has 1 saturated carbocycles. The number of thiocarbonyl (C=S) groups is 1. The molecule has 146 valence electrons. The molecule has 1 amide bonds. The van der Waals surface area contributed by atoms with Gasteiger partial charge in [0.25, 0.3) is 5.69 Å². The molecule has 7 nitrogen and oxygen atoms in total. The maximum Gasteiger partial charge on any atom is 0.269 e. The number of anilines is 1. The van der Waals surface area contributed by atoms with Crippen LogP contribution in [0.1, 0.15) is 44.9 Å². The number of rotatable bonds is 4. The fraction of sp³-hybridized carbons (Fsp3) is 0.579. The Morgan fingerprint density at radius 3 is 2.30 bits per heavy atom. The summed E-state index contributed by atoms with van der Waals surface area (Å²) >= 11 is 5.35. The zero-order chi connectivity index (χ0) is 19.2. The largest absolute Gasteiger partial charge is 0.360 e. The van der Waals surface area contributed by atoms with Crippen LogP contribution in [0.15, 0.2) is 24.3 Å². The summed E-state index contributed by atoms with van der Waals surface area (Å²) < 4.78 is 0. The van der Waals surface area contributed by atoms with Gasteiger partial charge in [-0.15, -0.1) is 0 Å². The van der Waals surface area contributed by atoms with Crippen molar-refractivity contribution < 1.29 is 9.72 Å². The maximum atomic E-state index is 12.6. The lowest BCUT2D eigenvalue weighted by Crippen LogP contribution is -2.49.